The van der Waals surface area contributed by atoms with E-state index in [1.54, 1.807) is 17.8 Å². The molecule has 2 aromatic carbocycles. The van der Waals surface area contributed by atoms with E-state index < -0.39 is 11.7 Å². The first-order valence-corrected chi connectivity index (χ1v) is 8.49. The minimum absolute atomic E-state index is 0.278. The first kappa shape index (κ1) is 18.5. The Balaban J connectivity index is 1.81. The van der Waals surface area contributed by atoms with Gasteiger partial charge >= 0.3 is 6.18 Å². The number of aromatic hydroxyl groups is 1. The van der Waals surface area contributed by atoms with Gasteiger partial charge in [0, 0.05) is 10.6 Å². The zero-order chi connectivity index (χ0) is 17.7. The Labute approximate surface area is 144 Å². The van der Waals surface area contributed by atoms with Gasteiger partial charge in [0.05, 0.1) is 5.56 Å². The number of hydrogen-bond acceptors (Lipinski definition) is 2. The van der Waals surface area contributed by atoms with Crippen LogP contribution in [0.5, 0.6) is 5.75 Å². The van der Waals surface area contributed by atoms with Crippen LogP contribution in [-0.4, -0.2) is 10.9 Å². The molecule has 0 atom stereocenters. The van der Waals surface area contributed by atoms with Crippen molar-refractivity contribution in [2.24, 2.45) is 0 Å². The first-order chi connectivity index (χ1) is 11.3. The molecule has 1 nitrogen and oxygen atoms in total. The van der Waals surface area contributed by atoms with E-state index in [1.165, 1.54) is 12.1 Å². The molecule has 0 aliphatic rings. The molecule has 2 aromatic rings. The van der Waals surface area contributed by atoms with Gasteiger partial charge < -0.3 is 5.11 Å². The number of aryl methyl sites for hydroxylation is 2. The Morgan fingerprint density at radius 2 is 1.79 bits per heavy atom. The van der Waals surface area contributed by atoms with Crippen molar-refractivity contribution in [1.29, 1.82) is 0 Å². The summed E-state index contributed by atoms with van der Waals surface area (Å²) in [4.78, 5) is 1.06. The normalized spacial score (nSPS) is 11.5. The van der Waals surface area contributed by atoms with Gasteiger partial charge in [-0.2, -0.15) is 13.2 Å². The smallest absolute Gasteiger partial charge is 0.416 e. The van der Waals surface area contributed by atoms with Crippen LogP contribution in [0.2, 0.25) is 0 Å². The SMILES string of the molecule is C=C(CCc1ccc(C(F)(F)F)cc1)CSc1ccc(O)c(C)c1. The van der Waals surface area contributed by atoms with Crippen molar-refractivity contribution in [2.45, 2.75) is 30.8 Å². The molecule has 128 valence electrons. The van der Waals surface area contributed by atoms with Crippen LogP contribution in [0.15, 0.2) is 59.5 Å². The summed E-state index contributed by atoms with van der Waals surface area (Å²) in [7, 11) is 0. The van der Waals surface area contributed by atoms with Gasteiger partial charge in [0.2, 0.25) is 0 Å². The van der Waals surface area contributed by atoms with Gasteiger partial charge in [-0.25, -0.2) is 0 Å². The van der Waals surface area contributed by atoms with Gasteiger partial charge in [0.1, 0.15) is 5.75 Å². The van der Waals surface area contributed by atoms with Crippen molar-refractivity contribution >= 4 is 11.8 Å². The van der Waals surface area contributed by atoms with Crippen molar-refractivity contribution in [3.8, 4) is 5.75 Å². The quantitative estimate of drug-likeness (QED) is 0.508. The van der Waals surface area contributed by atoms with Crippen molar-refractivity contribution in [3.05, 3.63) is 71.3 Å². The van der Waals surface area contributed by atoms with Gasteiger partial charge in [0.15, 0.2) is 0 Å². The summed E-state index contributed by atoms with van der Waals surface area (Å²) in [6.45, 7) is 5.88. The highest BCUT2D eigenvalue weighted by Crippen LogP contribution is 2.30. The molecule has 0 saturated heterocycles. The van der Waals surface area contributed by atoms with E-state index in [-0.39, 0.29) is 5.75 Å². The lowest BCUT2D eigenvalue weighted by atomic mass is 10.0. The third-order valence-electron chi connectivity index (χ3n) is 3.66. The molecule has 0 aliphatic heterocycles. The molecule has 0 spiro atoms. The minimum Gasteiger partial charge on any atom is -0.508 e. The molecular weight excluding hydrogens is 333 g/mol. The standard InChI is InChI=1S/C19H19F3OS/c1-13(12-24-17-9-10-18(23)14(2)11-17)3-4-15-5-7-16(8-6-15)19(20,21)22/h5-11,23H,1,3-4,12H2,2H3. The van der Waals surface area contributed by atoms with Crippen LogP contribution in [0.3, 0.4) is 0 Å². The second-order valence-corrected chi connectivity index (χ2v) is 6.73. The van der Waals surface area contributed by atoms with Crippen molar-refractivity contribution in [1.82, 2.24) is 0 Å². The van der Waals surface area contributed by atoms with Crippen molar-refractivity contribution in [2.75, 3.05) is 5.75 Å². The van der Waals surface area contributed by atoms with E-state index in [9.17, 15) is 18.3 Å². The maximum atomic E-state index is 12.5. The monoisotopic (exact) mass is 352 g/mol. The zero-order valence-corrected chi connectivity index (χ0v) is 14.2. The van der Waals surface area contributed by atoms with Gasteiger partial charge in [-0.15, -0.1) is 11.8 Å². The summed E-state index contributed by atoms with van der Waals surface area (Å²) >= 11 is 1.63. The molecule has 0 aliphatic carbocycles. The number of thioether (sulfide) groups is 1. The number of rotatable bonds is 6. The average molecular weight is 352 g/mol. The highest BCUT2D eigenvalue weighted by molar-refractivity contribution is 7.99. The highest BCUT2D eigenvalue weighted by Gasteiger charge is 2.29. The van der Waals surface area contributed by atoms with E-state index in [0.717, 1.165) is 45.9 Å². The molecule has 0 saturated carbocycles. The summed E-state index contributed by atoms with van der Waals surface area (Å²) in [5.41, 5.74) is 2.11. The highest BCUT2D eigenvalue weighted by atomic mass is 32.2. The fraction of sp³-hybridized carbons (Fsp3) is 0.263. The number of phenols is 1. The number of alkyl halides is 3. The van der Waals surface area contributed by atoms with Crippen molar-refractivity contribution < 1.29 is 18.3 Å². The molecule has 24 heavy (non-hydrogen) atoms. The summed E-state index contributed by atoms with van der Waals surface area (Å²) in [5, 5.41) is 9.50. The predicted octanol–water partition coefficient (Wildman–Crippen LogP) is 6.00. The molecule has 0 bridgehead atoms. The molecular formula is C19H19F3OS. The van der Waals surface area contributed by atoms with E-state index in [0.29, 0.717) is 6.42 Å². The summed E-state index contributed by atoms with van der Waals surface area (Å²) in [5.74, 6) is 1.02. The van der Waals surface area contributed by atoms with Crippen LogP contribution >= 0.6 is 11.8 Å². The fourth-order valence-corrected chi connectivity index (χ4v) is 3.10. The lowest BCUT2D eigenvalue weighted by Gasteiger charge is -2.09. The van der Waals surface area contributed by atoms with Gasteiger partial charge in [0.25, 0.3) is 0 Å². The van der Waals surface area contributed by atoms with Crippen molar-refractivity contribution in [3.63, 3.8) is 0 Å². The van der Waals surface area contributed by atoms with Crippen LogP contribution in [-0.2, 0) is 12.6 Å². The Hall–Kier alpha value is -1.88. The van der Waals surface area contributed by atoms with Crippen LogP contribution < -0.4 is 0 Å². The Morgan fingerprint density at radius 1 is 1.12 bits per heavy atom. The second-order valence-electron chi connectivity index (χ2n) is 5.68. The van der Waals surface area contributed by atoms with Crippen LogP contribution in [0, 0.1) is 6.92 Å². The minimum atomic E-state index is -4.29. The largest absolute Gasteiger partial charge is 0.508 e. The van der Waals surface area contributed by atoms with Gasteiger partial charge in [-0.05, 0) is 61.2 Å². The number of benzene rings is 2. The molecule has 2 rings (SSSR count). The van der Waals surface area contributed by atoms with E-state index in [2.05, 4.69) is 6.58 Å². The van der Waals surface area contributed by atoms with Crippen LogP contribution in [0.25, 0.3) is 0 Å². The predicted molar refractivity (Wildman–Crippen MR) is 92.5 cm³/mol. The Kier molecular flexibility index (Phi) is 5.99. The molecule has 0 fully saturated rings. The second kappa shape index (κ2) is 7.79. The molecule has 0 heterocycles. The lowest BCUT2D eigenvalue weighted by Crippen LogP contribution is -2.04. The molecule has 5 heteroatoms. The van der Waals surface area contributed by atoms with Crippen LogP contribution in [0.1, 0.15) is 23.1 Å². The van der Waals surface area contributed by atoms with E-state index >= 15 is 0 Å². The first-order valence-electron chi connectivity index (χ1n) is 7.51. The van der Waals surface area contributed by atoms with E-state index in [1.807, 2.05) is 19.1 Å². The van der Waals surface area contributed by atoms with Gasteiger partial charge in [-0.1, -0.05) is 24.3 Å². The third kappa shape index (κ3) is 5.34. The molecule has 0 unspecified atom stereocenters. The maximum absolute atomic E-state index is 12.5. The maximum Gasteiger partial charge on any atom is 0.416 e. The molecule has 0 aromatic heterocycles. The molecule has 0 amide bonds. The molecule has 1 N–H and O–H groups in total. The Morgan fingerprint density at radius 3 is 2.38 bits per heavy atom. The topological polar surface area (TPSA) is 20.2 Å². The number of hydrogen-bond donors (Lipinski definition) is 1. The number of halogens is 3. The zero-order valence-electron chi connectivity index (χ0n) is 13.4. The lowest BCUT2D eigenvalue weighted by molar-refractivity contribution is -0.137. The number of phenolic OH excluding ortho intramolecular Hbond substituents is 1. The third-order valence-corrected chi connectivity index (χ3v) is 4.80. The molecule has 0 radical (unpaired) electrons. The fourth-order valence-electron chi connectivity index (χ4n) is 2.16. The van der Waals surface area contributed by atoms with E-state index in [4.69, 9.17) is 0 Å². The summed E-state index contributed by atoms with van der Waals surface area (Å²) in [6.07, 6.45) is -2.89. The van der Waals surface area contributed by atoms with Gasteiger partial charge in [-0.3, -0.25) is 0 Å². The average Bonchev–Trinajstić information content (AvgIpc) is 2.53. The summed E-state index contributed by atoms with van der Waals surface area (Å²) in [6, 6.07) is 10.7. The van der Waals surface area contributed by atoms with Crippen LogP contribution in [0.4, 0.5) is 13.2 Å². The Bertz CT molecular complexity index is 706. The summed E-state index contributed by atoms with van der Waals surface area (Å²) < 4.78 is 37.5.